The van der Waals surface area contributed by atoms with Gasteiger partial charge in [0.1, 0.15) is 17.3 Å². The summed E-state index contributed by atoms with van der Waals surface area (Å²) < 4.78 is 32.6. The number of benzene rings is 2. The van der Waals surface area contributed by atoms with Gasteiger partial charge in [0.25, 0.3) is 0 Å². The van der Waals surface area contributed by atoms with E-state index in [1.807, 2.05) is 0 Å². The summed E-state index contributed by atoms with van der Waals surface area (Å²) >= 11 is 0. The molecule has 0 radical (unpaired) electrons. The smallest absolute Gasteiger partial charge is 0.157 e. The number of methoxy groups -OCH3 is 1. The molecule has 0 N–H and O–H groups in total. The highest BCUT2D eigenvalue weighted by molar-refractivity contribution is 5.86. The van der Waals surface area contributed by atoms with Crippen LogP contribution in [-0.2, 0) is 0 Å². The molecule has 1 aromatic heterocycles. The molecule has 4 heteroatoms. The van der Waals surface area contributed by atoms with Crippen LogP contribution in [-0.4, -0.2) is 12.1 Å². The highest BCUT2D eigenvalue weighted by Crippen LogP contribution is 2.28. The summed E-state index contributed by atoms with van der Waals surface area (Å²) in [5, 5.41) is 0.798. The van der Waals surface area contributed by atoms with Gasteiger partial charge in [-0.25, -0.2) is 8.78 Å². The Morgan fingerprint density at radius 3 is 2.45 bits per heavy atom. The lowest BCUT2D eigenvalue weighted by Crippen LogP contribution is -1.92. The first-order valence-corrected chi connectivity index (χ1v) is 6.07. The number of ether oxygens (including phenoxy) is 1. The lowest BCUT2D eigenvalue weighted by atomic mass is 10.1. The van der Waals surface area contributed by atoms with Crippen LogP contribution in [0, 0.1) is 11.6 Å². The molecule has 3 rings (SSSR count). The first-order valence-electron chi connectivity index (χ1n) is 6.07. The molecular formula is C16H11F2NO. The van der Waals surface area contributed by atoms with Crippen molar-refractivity contribution < 1.29 is 13.5 Å². The van der Waals surface area contributed by atoms with E-state index in [9.17, 15) is 8.78 Å². The third-order valence-electron chi connectivity index (χ3n) is 3.15. The van der Waals surface area contributed by atoms with Crippen LogP contribution < -0.4 is 4.74 Å². The summed E-state index contributed by atoms with van der Waals surface area (Å²) in [5.41, 5.74) is 0.890. The molecular weight excluding hydrogens is 260 g/mol. The molecule has 0 aliphatic heterocycles. The zero-order chi connectivity index (χ0) is 14.1. The molecule has 3 aromatic rings. The maximum atomic E-state index is 14.5. The molecule has 0 aliphatic carbocycles. The van der Waals surface area contributed by atoms with Gasteiger partial charge in [0.2, 0.25) is 0 Å². The van der Waals surface area contributed by atoms with Crippen molar-refractivity contribution in [3.63, 3.8) is 0 Å². The van der Waals surface area contributed by atoms with Crippen LogP contribution in [0.1, 0.15) is 0 Å². The Balaban J connectivity index is 2.16. The van der Waals surface area contributed by atoms with Gasteiger partial charge in [0, 0.05) is 22.5 Å². The number of hydrogen-bond acceptors (Lipinski definition) is 2. The lowest BCUT2D eigenvalue weighted by Gasteiger charge is -2.07. The highest BCUT2D eigenvalue weighted by Gasteiger charge is 2.11. The maximum absolute atomic E-state index is 14.5. The fourth-order valence-electron chi connectivity index (χ4n) is 2.11. The van der Waals surface area contributed by atoms with Gasteiger partial charge in [-0.1, -0.05) is 0 Å². The van der Waals surface area contributed by atoms with Crippen LogP contribution in [0.3, 0.4) is 0 Å². The third-order valence-corrected chi connectivity index (χ3v) is 3.15. The van der Waals surface area contributed by atoms with E-state index in [-0.39, 0.29) is 5.69 Å². The number of hydrogen-bond donors (Lipinski definition) is 0. The molecule has 20 heavy (non-hydrogen) atoms. The van der Waals surface area contributed by atoms with E-state index in [1.165, 1.54) is 24.4 Å². The van der Waals surface area contributed by atoms with Crippen molar-refractivity contribution in [3.05, 3.63) is 60.3 Å². The molecule has 0 atom stereocenters. The van der Waals surface area contributed by atoms with Gasteiger partial charge in [0.15, 0.2) is 5.82 Å². The number of rotatable bonds is 2. The Morgan fingerprint density at radius 1 is 1.00 bits per heavy atom. The van der Waals surface area contributed by atoms with Crippen LogP contribution >= 0.6 is 0 Å². The summed E-state index contributed by atoms with van der Waals surface area (Å²) in [5.74, 6) is -0.166. The first kappa shape index (κ1) is 12.5. The lowest BCUT2D eigenvalue weighted by molar-refractivity contribution is 0.415. The second-order valence-corrected chi connectivity index (χ2v) is 4.38. The van der Waals surface area contributed by atoms with Crippen LogP contribution in [0.5, 0.6) is 5.75 Å². The molecule has 2 nitrogen and oxygen atoms in total. The molecule has 0 aliphatic rings. The van der Waals surface area contributed by atoms with Gasteiger partial charge in [-0.15, -0.1) is 0 Å². The van der Waals surface area contributed by atoms with Gasteiger partial charge in [-0.05, 0) is 42.5 Å². The molecule has 0 saturated carbocycles. The Hall–Kier alpha value is -2.49. The fraction of sp³-hybridized carbons (Fsp3) is 0.0625. The topological polar surface area (TPSA) is 22.1 Å². The number of pyridine rings is 1. The minimum atomic E-state index is -0.451. The summed E-state index contributed by atoms with van der Waals surface area (Å²) in [6, 6.07) is 10.9. The Bertz CT molecular complexity index is 769. The van der Waals surface area contributed by atoms with E-state index >= 15 is 0 Å². The highest BCUT2D eigenvalue weighted by atomic mass is 19.1. The number of nitrogens with zero attached hydrogens (tertiary/aromatic N) is 1. The van der Waals surface area contributed by atoms with Crippen LogP contribution in [0.4, 0.5) is 8.78 Å². The molecule has 0 unspecified atom stereocenters. The first-order chi connectivity index (χ1) is 9.69. The SMILES string of the molecule is COc1ccc(-c2ncc3cc(F)ccc3c2F)cc1. The predicted molar refractivity (Wildman–Crippen MR) is 73.6 cm³/mol. The molecule has 1 heterocycles. The van der Waals surface area contributed by atoms with Crippen LogP contribution in [0.25, 0.3) is 22.0 Å². The minimum Gasteiger partial charge on any atom is -0.497 e. The van der Waals surface area contributed by atoms with Crippen LogP contribution in [0.2, 0.25) is 0 Å². The molecule has 0 saturated heterocycles. The zero-order valence-electron chi connectivity index (χ0n) is 10.7. The van der Waals surface area contributed by atoms with E-state index in [0.717, 1.165) is 0 Å². The summed E-state index contributed by atoms with van der Waals surface area (Å²) in [4.78, 5) is 4.09. The standard InChI is InChI=1S/C16H11F2NO/c1-20-13-5-2-10(3-6-13)16-15(18)14-7-4-12(17)8-11(14)9-19-16/h2-9H,1H3. The summed E-state index contributed by atoms with van der Waals surface area (Å²) in [6.45, 7) is 0. The van der Waals surface area contributed by atoms with Crippen molar-refractivity contribution in [2.24, 2.45) is 0 Å². The second kappa shape index (κ2) is 4.89. The van der Waals surface area contributed by atoms with Crippen molar-refractivity contribution >= 4 is 10.8 Å². The van der Waals surface area contributed by atoms with E-state index in [4.69, 9.17) is 4.74 Å². The second-order valence-electron chi connectivity index (χ2n) is 4.38. The molecule has 100 valence electrons. The Morgan fingerprint density at radius 2 is 1.75 bits per heavy atom. The van der Waals surface area contributed by atoms with Crippen molar-refractivity contribution in [1.29, 1.82) is 0 Å². The summed E-state index contributed by atoms with van der Waals surface area (Å²) in [6.07, 6.45) is 1.47. The number of fused-ring (bicyclic) bond motifs is 1. The number of aromatic nitrogens is 1. The van der Waals surface area contributed by atoms with E-state index in [1.54, 1.807) is 31.4 Å². The predicted octanol–water partition coefficient (Wildman–Crippen LogP) is 4.19. The van der Waals surface area contributed by atoms with E-state index < -0.39 is 11.6 Å². The van der Waals surface area contributed by atoms with Crippen molar-refractivity contribution in [2.45, 2.75) is 0 Å². The van der Waals surface area contributed by atoms with Gasteiger partial charge < -0.3 is 4.74 Å². The summed E-state index contributed by atoms with van der Waals surface area (Å²) in [7, 11) is 1.57. The molecule has 0 bridgehead atoms. The average molecular weight is 271 g/mol. The van der Waals surface area contributed by atoms with Gasteiger partial charge in [0.05, 0.1) is 7.11 Å². The largest absolute Gasteiger partial charge is 0.497 e. The maximum Gasteiger partial charge on any atom is 0.157 e. The molecule has 2 aromatic carbocycles. The van der Waals surface area contributed by atoms with Gasteiger partial charge in [-0.3, -0.25) is 4.98 Å². The monoisotopic (exact) mass is 271 g/mol. The van der Waals surface area contributed by atoms with Crippen molar-refractivity contribution in [3.8, 4) is 17.0 Å². The van der Waals surface area contributed by atoms with Crippen molar-refractivity contribution in [2.75, 3.05) is 7.11 Å². The Kier molecular flexibility index (Phi) is 3.06. The van der Waals surface area contributed by atoms with Gasteiger partial charge in [-0.2, -0.15) is 0 Å². The van der Waals surface area contributed by atoms with E-state index in [0.29, 0.717) is 22.1 Å². The quantitative estimate of drug-likeness (QED) is 0.697. The molecule has 0 amide bonds. The Labute approximate surface area is 114 Å². The van der Waals surface area contributed by atoms with Crippen LogP contribution in [0.15, 0.2) is 48.7 Å². The van der Waals surface area contributed by atoms with Crippen molar-refractivity contribution in [1.82, 2.24) is 4.98 Å². The molecule has 0 fully saturated rings. The van der Waals surface area contributed by atoms with Gasteiger partial charge >= 0.3 is 0 Å². The third kappa shape index (κ3) is 2.09. The zero-order valence-corrected chi connectivity index (χ0v) is 10.7. The fourth-order valence-corrected chi connectivity index (χ4v) is 2.11. The normalized spacial score (nSPS) is 10.8. The minimum absolute atomic E-state index is 0.242. The average Bonchev–Trinajstić information content (AvgIpc) is 2.48. The number of halogens is 2. The molecule has 0 spiro atoms. The van der Waals surface area contributed by atoms with E-state index in [2.05, 4.69) is 4.98 Å².